The summed E-state index contributed by atoms with van der Waals surface area (Å²) in [5.41, 5.74) is 0.706. The van der Waals surface area contributed by atoms with Gasteiger partial charge in [-0.25, -0.2) is 4.79 Å². The van der Waals surface area contributed by atoms with Crippen LogP contribution in [0.5, 0.6) is 5.75 Å². The molecule has 0 bridgehead atoms. The number of carboxylic acid groups (broad SMARTS) is 1. The first kappa shape index (κ1) is 12.2. The summed E-state index contributed by atoms with van der Waals surface area (Å²) in [6.07, 6.45) is -1.53. The van der Waals surface area contributed by atoms with Crippen LogP contribution in [0.1, 0.15) is 0 Å². The van der Waals surface area contributed by atoms with Gasteiger partial charge in [-0.05, 0) is 29.8 Å². The maximum absolute atomic E-state index is 11.5. The summed E-state index contributed by atoms with van der Waals surface area (Å²) in [5.74, 6) is -0.264. The molecule has 0 fully saturated rings. The first-order chi connectivity index (χ1) is 8.56. The molecule has 6 heteroatoms. The van der Waals surface area contributed by atoms with E-state index < -0.39 is 11.7 Å². The van der Waals surface area contributed by atoms with Crippen molar-refractivity contribution in [3.8, 4) is 17.0 Å². The van der Waals surface area contributed by atoms with E-state index in [9.17, 15) is 9.59 Å². The maximum Gasteiger partial charge on any atom is 0.511 e. The van der Waals surface area contributed by atoms with Gasteiger partial charge in [0.15, 0.2) is 5.75 Å². The quantitative estimate of drug-likeness (QED) is 0.818. The fourth-order valence-electron chi connectivity index (χ4n) is 1.43. The molecule has 2 aromatic rings. The Kier molecular flexibility index (Phi) is 3.34. The van der Waals surface area contributed by atoms with Crippen LogP contribution in [-0.2, 0) is 0 Å². The Morgan fingerprint density at radius 3 is 2.39 bits per heavy atom. The van der Waals surface area contributed by atoms with Crippen molar-refractivity contribution in [2.24, 2.45) is 0 Å². The number of halogens is 1. The molecule has 0 amide bonds. The first-order valence-electron chi connectivity index (χ1n) is 4.96. The lowest BCUT2D eigenvalue weighted by molar-refractivity contribution is 0.144. The average molecular weight is 266 g/mol. The molecule has 0 atom stereocenters. The topological polar surface area (TPSA) is 79.4 Å². The minimum absolute atomic E-state index is 0.264. The van der Waals surface area contributed by atoms with Crippen molar-refractivity contribution < 1.29 is 14.6 Å². The van der Waals surface area contributed by atoms with Crippen LogP contribution in [0.3, 0.4) is 0 Å². The molecular weight excluding hydrogens is 258 g/mol. The number of pyridine rings is 1. The molecule has 0 spiro atoms. The summed E-state index contributed by atoms with van der Waals surface area (Å²) < 4.78 is 4.31. The van der Waals surface area contributed by atoms with Crippen LogP contribution in [0.2, 0.25) is 5.02 Å². The molecule has 1 aromatic carbocycles. The molecule has 2 N–H and O–H groups in total. The molecule has 92 valence electrons. The van der Waals surface area contributed by atoms with Crippen LogP contribution in [0, 0.1) is 0 Å². The zero-order valence-corrected chi connectivity index (χ0v) is 9.77. The van der Waals surface area contributed by atoms with Gasteiger partial charge in [0.2, 0.25) is 0 Å². The molecule has 0 saturated heterocycles. The van der Waals surface area contributed by atoms with Gasteiger partial charge in [-0.3, -0.25) is 4.79 Å². The first-order valence-corrected chi connectivity index (χ1v) is 5.34. The van der Waals surface area contributed by atoms with Crippen molar-refractivity contribution in [2.45, 2.75) is 0 Å². The van der Waals surface area contributed by atoms with Crippen LogP contribution in [0.25, 0.3) is 11.3 Å². The van der Waals surface area contributed by atoms with Gasteiger partial charge < -0.3 is 14.8 Å². The number of rotatable bonds is 2. The van der Waals surface area contributed by atoms with Gasteiger partial charge in [0.05, 0.1) is 0 Å². The number of ether oxygens (including phenoxy) is 1. The van der Waals surface area contributed by atoms with Gasteiger partial charge in [-0.2, -0.15) is 0 Å². The molecule has 0 aliphatic heterocycles. The number of benzene rings is 1. The summed E-state index contributed by atoms with van der Waals surface area (Å²) in [7, 11) is 0. The van der Waals surface area contributed by atoms with Crippen molar-refractivity contribution in [1.29, 1.82) is 0 Å². The SMILES string of the molecule is O=C(O)Oc1ccc(-c2ccc(Cl)cc2)[nH]c1=O. The monoisotopic (exact) mass is 265 g/mol. The number of aromatic amines is 1. The Bertz CT molecular complexity index is 633. The fraction of sp³-hybridized carbons (Fsp3) is 0. The lowest BCUT2D eigenvalue weighted by Gasteiger charge is -2.03. The Labute approximate surface area is 107 Å². The van der Waals surface area contributed by atoms with E-state index in [0.717, 1.165) is 5.56 Å². The number of nitrogens with one attached hydrogen (secondary N) is 1. The van der Waals surface area contributed by atoms with Gasteiger partial charge in [0.1, 0.15) is 0 Å². The van der Waals surface area contributed by atoms with E-state index in [0.29, 0.717) is 10.7 Å². The maximum atomic E-state index is 11.5. The van der Waals surface area contributed by atoms with Crippen LogP contribution in [0.15, 0.2) is 41.2 Å². The van der Waals surface area contributed by atoms with E-state index in [1.54, 1.807) is 30.3 Å². The van der Waals surface area contributed by atoms with Crippen molar-refractivity contribution in [3.63, 3.8) is 0 Å². The van der Waals surface area contributed by atoms with E-state index in [4.69, 9.17) is 16.7 Å². The molecule has 1 heterocycles. The van der Waals surface area contributed by atoms with Gasteiger partial charge in [-0.15, -0.1) is 0 Å². The smallest absolute Gasteiger partial charge is 0.449 e. The van der Waals surface area contributed by atoms with E-state index in [2.05, 4.69) is 9.72 Å². The lowest BCUT2D eigenvalue weighted by Crippen LogP contribution is -2.14. The van der Waals surface area contributed by atoms with Crippen molar-refractivity contribution in [3.05, 3.63) is 51.8 Å². The predicted molar refractivity (Wildman–Crippen MR) is 66.2 cm³/mol. The van der Waals surface area contributed by atoms with Gasteiger partial charge in [0.25, 0.3) is 5.56 Å². The van der Waals surface area contributed by atoms with Crippen molar-refractivity contribution >= 4 is 17.8 Å². The highest BCUT2D eigenvalue weighted by molar-refractivity contribution is 6.30. The normalized spacial score (nSPS) is 10.1. The second kappa shape index (κ2) is 4.93. The summed E-state index contributed by atoms with van der Waals surface area (Å²) in [6.45, 7) is 0. The summed E-state index contributed by atoms with van der Waals surface area (Å²) in [4.78, 5) is 24.4. The van der Waals surface area contributed by atoms with Crippen molar-refractivity contribution in [1.82, 2.24) is 4.98 Å². The number of hydrogen-bond acceptors (Lipinski definition) is 3. The van der Waals surface area contributed by atoms with E-state index in [1.165, 1.54) is 6.07 Å². The third-order valence-corrected chi connectivity index (χ3v) is 2.48. The molecule has 5 nitrogen and oxygen atoms in total. The minimum Gasteiger partial charge on any atom is -0.449 e. The molecule has 1 aromatic heterocycles. The van der Waals surface area contributed by atoms with Crippen LogP contribution < -0.4 is 10.3 Å². The van der Waals surface area contributed by atoms with Gasteiger partial charge in [-0.1, -0.05) is 23.7 Å². The predicted octanol–water partition coefficient (Wildman–Crippen LogP) is 2.75. The number of carbonyl (C=O) groups is 1. The molecule has 0 saturated carbocycles. The Balaban J connectivity index is 2.37. The largest absolute Gasteiger partial charge is 0.511 e. The Hall–Kier alpha value is -2.27. The zero-order chi connectivity index (χ0) is 13.1. The van der Waals surface area contributed by atoms with Gasteiger partial charge >= 0.3 is 6.16 Å². The third-order valence-electron chi connectivity index (χ3n) is 2.23. The number of hydrogen-bond donors (Lipinski definition) is 2. The molecule has 0 radical (unpaired) electrons. The fourth-order valence-corrected chi connectivity index (χ4v) is 1.56. The highest BCUT2D eigenvalue weighted by Gasteiger charge is 2.07. The highest BCUT2D eigenvalue weighted by Crippen LogP contribution is 2.19. The molecule has 18 heavy (non-hydrogen) atoms. The Morgan fingerprint density at radius 1 is 1.17 bits per heavy atom. The summed E-state index contributed by atoms with van der Waals surface area (Å²) in [5, 5.41) is 9.01. The molecule has 0 aliphatic carbocycles. The lowest BCUT2D eigenvalue weighted by atomic mass is 10.1. The van der Waals surface area contributed by atoms with Crippen LogP contribution >= 0.6 is 11.6 Å². The van der Waals surface area contributed by atoms with Crippen LogP contribution in [-0.4, -0.2) is 16.2 Å². The van der Waals surface area contributed by atoms with E-state index >= 15 is 0 Å². The third kappa shape index (κ3) is 2.70. The molecule has 0 aliphatic rings. The van der Waals surface area contributed by atoms with Crippen LogP contribution in [0.4, 0.5) is 4.79 Å². The minimum atomic E-state index is -1.53. The highest BCUT2D eigenvalue weighted by atomic mass is 35.5. The summed E-state index contributed by atoms with van der Waals surface area (Å²) in [6, 6.07) is 9.73. The van der Waals surface area contributed by atoms with E-state index in [-0.39, 0.29) is 5.75 Å². The van der Waals surface area contributed by atoms with Crippen molar-refractivity contribution in [2.75, 3.05) is 0 Å². The zero-order valence-electron chi connectivity index (χ0n) is 9.01. The van der Waals surface area contributed by atoms with E-state index in [1.807, 2.05) is 0 Å². The molecular formula is C12H8ClNO4. The standard InChI is InChI=1S/C12H8ClNO4/c13-8-3-1-7(2-4-8)9-5-6-10(11(15)14-9)18-12(16)17/h1-6H,(H,14,15)(H,16,17). The Morgan fingerprint density at radius 2 is 1.83 bits per heavy atom. The second-order valence-electron chi connectivity index (χ2n) is 3.44. The second-order valence-corrected chi connectivity index (χ2v) is 3.88. The molecule has 0 unspecified atom stereocenters. The molecule has 2 rings (SSSR count). The summed E-state index contributed by atoms with van der Waals surface area (Å²) >= 11 is 5.76. The van der Waals surface area contributed by atoms with Gasteiger partial charge in [0, 0.05) is 10.7 Å². The average Bonchev–Trinajstić information content (AvgIpc) is 2.32. The number of H-pyrrole nitrogens is 1. The number of aromatic nitrogens is 1.